The lowest BCUT2D eigenvalue weighted by Gasteiger charge is -2.37. The van der Waals surface area contributed by atoms with Gasteiger partial charge in [-0.2, -0.15) is 0 Å². The number of morpholine rings is 1. The Balaban J connectivity index is 1.66. The third-order valence-corrected chi connectivity index (χ3v) is 4.92. The summed E-state index contributed by atoms with van der Waals surface area (Å²) in [6, 6.07) is 3.97. The number of pyridine rings is 1. The van der Waals surface area contributed by atoms with Crippen LogP contribution in [0.5, 0.6) is 0 Å². The molecular formula is C18H27N3O3. The number of carbonyl (C=O) groups excluding carboxylic acids is 1. The lowest BCUT2D eigenvalue weighted by molar-refractivity contribution is 0.0296. The summed E-state index contributed by atoms with van der Waals surface area (Å²) in [6.45, 7) is 8.76. The number of methoxy groups -OCH3 is 1. The zero-order valence-corrected chi connectivity index (χ0v) is 14.7. The van der Waals surface area contributed by atoms with Crippen LogP contribution in [0.3, 0.4) is 0 Å². The van der Waals surface area contributed by atoms with Crippen LogP contribution in [0.1, 0.15) is 28.9 Å². The molecule has 3 heterocycles. The summed E-state index contributed by atoms with van der Waals surface area (Å²) in [4.78, 5) is 21.2. The number of hydrogen-bond donors (Lipinski definition) is 0. The molecule has 6 nitrogen and oxygen atoms in total. The molecule has 1 atom stereocenters. The average Bonchev–Trinajstić information content (AvgIpc) is 2.62. The molecule has 0 N–H and O–H groups in total. The highest BCUT2D eigenvalue weighted by atomic mass is 16.5. The molecule has 2 saturated heterocycles. The lowest BCUT2D eigenvalue weighted by Crippen LogP contribution is -2.44. The van der Waals surface area contributed by atoms with Gasteiger partial charge in [0.2, 0.25) is 0 Å². The van der Waals surface area contributed by atoms with Crippen molar-refractivity contribution < 1.29 is 14.3 Å². The number of carbonyl (C=O) groups is 1. The maximum absolute atomic E-state index is 11.9. The normalized spacial score (nSPS) is 22.4. The number of ether oxygens (including phenoxy) is 2. The van der Waals surface area contributed by atoms with E-state index in [9.17, 15) is 4.79 Å². The van der Waals surface area contributed by atoms with Crippen molar-refractivity contribution in [2.45, 2.75) is 19.8 Å². The minimum atomic E-state index is -0.365. The van der Waals surface area contributed by atoms with Gasteiger partial charge in [0.15, 0.2) is 5.69 Å². The number of piperidine rings is 1. The number of esters is 1. The molecule has 6 heteroatoms. The van der Waals surface area contributed by atoms with Crippen LogP contribution in [0.4, 0.5) is 5.82 Å². The molecule has 0 aliphatic carbocycles. The largest absolute Gasteiger partial charge is 0.464 e. The molecule has 0 bridgehead atoms. The van der Waals surface area contributed by atoms with Gasteiger partial charge < -0.3 is 14.4 Å². The third kappa shape index (κ3) is 4.05. The molecule has 2 aliphatic rings. The standard InChI is InChI=1S/C18H27N3O3/c1-14-5-6-16(19-17(14)18(22)23-2)21-7-3-4-15(13-21)12-20-8-10-24-11-9-20/h5-6,15H,3-4,7-13H2,1-2H3/t15-/m1/s1. The maximum atomic E-state index is 11.9. The van der Waals surface area contributed by atoms with Crippen LogP contribution in [0.2, 0.25) is 0 Å². The third-order valence-electron chi connectivity index (χ3n) is 4.92. The minimum absolute atomic E-state index is 0.365. The highest BCUT2D eigenvalue weighted by Crippen LogP contribution is 2.24. The van der Waals surface area contributed by atoms with Gasteiger partial charge in [-0.05, 0) is 37.3 Å². The minimum Gasteiger partial charge on any atom is -0.464 e. The molecule has 24 heavy (non-hydrogen) atoms. The number of hydrogen-bond acceptors (Lipinski definition) is 6. The first-order chi connectivity index (χ1) is 11.7. The fourth-order valence-electron chi connectivity index (χ4n) is 3.57. The Kier molecular flexibility index (Phi) is 5.68. The number of aryl methyl sites for hydroxylation is 1. The quantitative estimate of drug-likeness (QED) is 0.782. The van der Waals surface area contributed by atoms with E-state index in [-0.39, 0.29) is 5.97 Å². The van der Waals surface area contributed by atoms with Crippen molar-refractivity contribution in [1.82, 2.24) is 9.88 Å². The molecule has 0 amide bonds. The van der Waals surface area contributed by atoms with E-state index in [1.54, 1.807) is 0 Å². The van der Waals surface area contributed by atoms with E-state index in [1.165, 1.54) is 13.5 Å². The second-order valence-electron chi connectivity index (χ2n) is 6.69. The monoisotopic (exact) mass is 333 g/mol. The molecule has 3 rings (SSSR count). The first-order valence-electron chi connectivity index (χ1n) is 8.78. The number of nitrogens with zero attached hydrogens (tertiary/aromatic N) is 3. The van der Waals surface area contributed by atoms with E-state index in [4.69, 9.17) is 9.47 Å². The first-order valence-corrected chi connectivity index (χ1v) is 8.78. The maximum Gasteiger partial charge on any atom is 0.357 e. The van der Waals surface area contributed by atoms with Crippen molar-refractivity contribution in [2.75, 3.05) is 57.9 Å². The predicted molar refractivity (Wildman–Crippen MR) is 92.5 cm³/mol. The van der Waals surface area contributed by atoms with E-state index in [0.29, 0.717) is 11.6 Å². The van der Waals surface area contributed by atoms with E-state index in [2.05, 4.69) is 14.8 Å². The van der Waals surface area contributed by atoms with Crippen molar-refractivity contribution in [3.05, 3.63) is 23.4 Å². The van der Waals surface area contributed by atoms with Gasteiger partial charge >= 0.3 is 5.97 Å². The summed E-state index contributed by atoms with van der Waals surface area (Å²) in [7, 11) is 1.40. The Bertz CT molecular complexity index is 573. The van der Waals surface area contributed by atoms with E-state index < -0.39 is 0 Å². The van der Waals surface area contributed by atoms with Gasteiger partial charge in [-0.1, -0.05) is 6.07 Å². The zero-order chi connectivity index (χ0) is 16.9. The van der Waals surface area contributed by atoms with Crippen LogP contribution < -0.4 is 4.90 Å². The summed E-state index contributed by atoms with van der Waals surface area (Å²) in [6.07, 6.45) is 2.42. The molecule has 0 unspecified atom stereocenters. The van der Waals surface area contributed by atoms with E-state index in [1.807, 2.05) is 19.1 Å². The van der Waals surface area contributed by atoms with E-state index in [0.717, 1.165) is 63.7 Å². The molecule has 0 aromatic carbocycles. The summed E-state index contributed by atoms with van der Waals surface area (Å²) in [5.74, 6) is 1.16. The van der Waals surface area contributed by atoms with Gasteiger partial charge in [0, 0.05) is 32.7 Å². The SMILES string of the molecule is COC(=O)c1nc(N2CCC[C@H](CN3CCOCC3)C2)ccc1C. The lowest BCUT2D eigenvalue weighted by atomic mass is 9.97. The van der Waals surface area contributed by atoms with Crippen molar-refractivity contribution in [3.63, 3.8) is 0 Å². The molecule has 0 radical (unpaired) electrons. The molecular weight excluding hydrogens is 306 g/mol. The summed E-state index contributed by atoms with van der Waals surface area (Å²) in [5.41, 5.74) is 1.28. The van der Waals surface area contributed by atoms with Gasteiger partial charge in [0.25, 0.3) is 0 Å². The molecule has 132 valence electrons. The molecule has 2 aliphatic heterocycles. The highest BCUT2D eigenvalue weighted by Gasteiger charge is 2.24. The summed E-state index contributed by atoms with van der Waals surface area (Å²) >= 11 is 0. The second kappa shape index (κ2) is 7.94. The molecule has 0 spiro atoms. The van der Waals surface area contributed by atoms with Gasteiger partial charge in [-0.3, -0.25) is 4.90 Å². The summed E-state index contributed by atoms with van der Waals surface area (Å²) in [5, 5.41) is 0. The van der Waals surface area contributed by atoms with Crippen LogP contribution >= 0.6 is 0 Å². The molecule has 2 fully saturated rings. The van der Waals surface area contributed by atoms with Crippen LogP contribution in [0.15, 0.2) is 12.1 Å². The van der Waals surface area contributed by atoms with Crippen molar-refractivity contribution in [2.24, 2.45) is 5.92 Å². The van der Waals surface area contributed by atoms with Gasteiger partial charge in [0.1, 0.15) is 5.82 Å². The highest BCUT2D eigenvalue weighted by molar-refractivity contribution is 5.89. The van der Waals surface area contributed by atoms with Crippen molar-refractivity contribution >= 4 is 11.8 Å². The number of anilines is 1. The van der Waals surface area contributed by atoms with E-state index >= 15 is 0 Å². The number of aromatic nitrogens is 1. The topological polar surface area (TPSA) is 54.9 Å². The fraction of sp³-hybridized carbons (Fsp3) is 0.667. The smallest absolute Gasteiger partial charge is 0.357 e. The van der Waals surface area contributed by atoms with Crippen LogP contribution in [-0.4, -0.2) is 68.9 Å². The van der Waals surface area contributed by atoms with Crippen LogP contribution in [0.25, 0.3) is 0 Å². The second-order valence-corrected chi connectivity index (χ2v) is 6.69. The molecule has 1 aromatic heterocycles. The molecule has 0 saturated carbocycles. The fourth-order valence-corrected chi connectivity index (χ4v) is 3.57. The Morgan fingerprint density at radius 1 is 1.33 bits per heavy atom. The average molecular weight is 333 g/mol. The first kappa shape index (κ1) is 17.2. The zero-order valence-electron chi connectivity index (χ0n) is 14.7. The Morgan fingerprint density at radius 2 is 2.12 bits per heavy atom. The van der Waals surface area contributed by atoms with Gasteiger partial charge in [0.05, 0.1) is 20.3 Å². The number of rotatable bonds is 4. The van der Waals surface area contributed by atoms with Crippen LogP contribution in [0, 0.1) is 12.8 Å². The molecule has 1 aromatic rings. The predicted octanol–water partition coefficient (Wildman–Crippen LogP) is 1.73. The van der Waals surface area contributed by atoms with Gasteiger partial charge in [-0.25, -0.2) is 9.78 Å². The van der Waals surface area contributed by atoms with Crippen LogP contribution in [-0.2, 0) is 9.47 Å². The Labute approximate surface area is 143 Å². The summed E-state index contributed by atoms with van der Waals surface area (Å²) < 4.78 is 10.3. The van der Waals surface area contributed by atoms with Crippen molar-refractivity contribution in [3.8, 4) is 0 Å². The Hall–Kier alpha value is -1.66. The van der Waals surface area contributed by atoms with Gasteiger partial charge in [-0.15, -0.1) is 0 Å². The van der Waals surface area contributed by atoms with Crippen molar-refractivity contribution in [1.29, 1.82) is 0 Å². The Morgan fingerprint density at radius 3 is 2.88 bits per heavy atom.